The third-order valence-corrected chi connectivity index (χ3v) is 4.26. The molecule has 1 aromatic heterocycles. The molecule has 2 nitrogen and oxygen atoms in total. The molecule has 0 bridgehead atoms. The first-order valence-electron chi connectivity index (χ1n) is 6.23. The van der Waals surface area contributed by atoms with Crippen LogP contribution in [0.5, 0.6) is 0 Å². The van der Waals surface area contributed by atoms with Gasteiger partial charge in [-0.1, -0.05) is 25.7 Å². The van der Waals surface area contributed by atoms with Crippen molar-refractivity contribution in [2.24, 2.45) is 5.92 Å². The van der Waals surface area contributed by atoms with Gasteiger partial charge in [0.05, 0.1) is 16.8 Å². The Morgan fingerprint density at radius 2 is 2.00 bits per heavy atom. The van der Waals surface area contributed by atoms with Gasteiger partial charge in [0.25, 0.3) is 0 Å². The van der Waals surface area contributed by atoms with Gasteiger partial charge in [0, 0.05) is 0 Å². The SMILES string of the molecule is CNC(c1occc1Br)C1CCCCCC1. The Hall–Kier alpha value is -0.280. The maximum Gasteiger partial charge on any atom is 0.135 e. The normalized spacial score (nSPS) is 20.6. The molecule has 1 aliphatic rings. The third kappa shape index (κ3) is 2.69. The zero-order valence-corrected chi connectivity index (χ0v) is 11.4. The predicted octanol–water partition coefficient (Wildman–Crippen LogP) is 4.27. The van der Waals surface area contributed by atoms with E-state index in [9.17, 15) is 0 Å². The summed E-state index contributed by atoms with van der Waals surface area (Å²) in [7, 11) is 2.03. The van der Waals surface area contributed by atoms with Crippen LogP contribution in [0, 0.1) is 5.92 Å². The second-order valence-corrected chi connectivity index (χ2v) is 5.51. The van der Waals surface area contributed by atoms with Crippen LogP contribution in [0.2, 0.25) is 0 Å². The van der Waals surface area contributed by atoms with Gasteiger partial charge in [-0.05, 0) is 47.8 Å². The molecule has 1 saturated carbocycles. The van der Waals surface area contributed by atoms with Crippen molar-refractivity contribution in [3.63, 3.8) is 0 Å². The minimum Gasteiger partial charge on any atom is -0.466 e. The summed E-state index contributed by atoms with van der Waals surface area (Å²) in [5, 5.41) is 3.42. The first-order chi connectivity index (χ1) is 7.83. The molecule has 1 heterocycles. The van der Waals surface area contributed by atoms with Crippen LogP contribution in [0.4, 0.5) is 0 Å². The van der Waals surface area contributed by atoms with Crippen molar-refractivity contribution in [2.45, 2.75) is 44.6 Å². The summed E-state index contributed by atoms with van der Waals surface area (Å²) in [5.74, 6) is 1.78. The molecule has 0 aromatic carbocycles. The van der Waals surface area contributed by atoms with E-state index in [1.54, 1.807) is 6.26 Å². The highest BCUT2D eigenvalue weighted by Gasteiger charge is 2.26. The van der Waals surface area contributed by atoms with E-state index in [2.05, 4.69) is 21.2 Å². The fraction of sp³-hybridized carbons (Fsp3) is 0.692. The number of nitrogens with one attached hydrogen (secondary N) is 1. The molecule has 3 heteroatoms. The molecular formula is C13H20BrNO. The summed E-state index contributed by atoms with van der Waals surface area (Å²) in [6.07, 6.45) is 9.92. The van der Waals surface area contributed by atoms with Gasteiger partial charge in [-0.2, -0.15) is 0 Å². The first-order valence-corrected chi connectivity index (χ1v) is 7.02. The minimum atomic E-state index is 0.363. The first kappa shape index (κ1) is 12.2. The highest BCUT2D eigenvalue weighted by Crippen LogP contribution is 2.36. The zero-order chi connectivity index (χ0) is 11.4. The van der Waals surface area contributed by atoms with E-state index in [-0.39, 0.29) is 0 Å². The Balaban J connectivity index is 2.12. The molecule has 0 aliphatic heterocycles. The molecule has 0 radical (unpaired) electrons. The van der Waals surface area contributed by atoms with E-state index >= 15 is 0 Å². The summed E-state index contributed by atoms with van der Waals surface area (Å²) >= 11 is 3.56. The molecule has 1 unspecified atom stereocenters. The van der Waals surface area contributed by atoms with Crippen molar-refractivity contribution >= 4 is 15.9 Å². The van der Waals surface area contributed by atoms with Crippen LogP contribution in [0.15, 0.2) is 21.2 Å². The Labute approximate surface area is 106 Å². The van der Waals surface area contributed by atoms with Crippen LogP contribution < -0.4 is 5.32 Å². The Morgan fingerprint density at radius 1 is 1.31 bits per heavy atom. The Morgan fingerprint density at radius 3 is 2.50 bits per heavy atom. The predicted molar refractivity (Wildman–Crippen MR) is 69.4 cm³/mol. The number of rotatable bonds is 3. The number of hydrogen-bond donors (Lipinski definition) is 1. The van der Waals surface area contributed by atoms with Gasteiger partial charge >= 0.3 is 0 Å². The number of halogens is 1. The summed E-state index contributed by atoms with van der Waals surface area (Å²) < 4.78 is 6.70. The maximum absolute atomic E-state index is 5.60. The van der Waals surface area contributed by atoms with E-state index in [0.717, 1.165) is 16.2 Å². The van der Waals surface area contributed by atoms with E-state index in [1.165, 1.54) is 38.5 Å². The Bertz CT molecular complexity index is 315. The fourth-order valence-corrected chi connectivity index (χ4v) is 3.20. The topological polar surface area (TPSA) is 25.2 Å². The molecule has 0 spiro atoms. The maximum atomic E-state index is 5.60. The van der Waals surface area contributed by atoms with Crippen LogP contribution in [-0.2, 0) is 0 Å². The van der Waals surface area contributed by atoms with Gasteiger partial charge in [0.15, 0.2) is 0 Å². The average molecular weight is 286 g/mol. The van der Waals surface area contributed by atoms with Crippen molar-refractivity contribution in [1.82, 2.24) is 5.32 Å². The number of furan rings is 1. The van der Waals surface area contributed by atoms with E-state index in [0.29, 0.717) is 6.04 Å². The van der Waals surface area contributed by atoms with Crippen molar-refractivity contribution in [3.05, 3.63) is 22.6 Å². The van der Waals surface area contributed by atoms with Gasteiger partial charge < -0.3 is 9.73 Å². The highest BCUT2D eigenvalue weighted by molar-refractivity contribution is 9.10. The van der Waals surface area contributed by atoms with Gasteiger partial charge in [-0.3, -0.25) is 0 Å². The van der Waals surface area contributed by atoms with Gasteiger partial charge in [-0.25, -0.2) is 0 Å². The molecule has 0 amide bonds. The lowest BCUT2D eigenvalue weighted by molar-refractivity contribution is 0.295. The second kappa shape index (κ2) is 5.87. The number of hydrogen-bond acceptors (Lipinski definition) is 2. The van der Waals surface area contributed by atoms with Crippen LogP contribution in [0.1, 0.15) is 50.3 Å². The van der Waals surface area contributed by atoms with Crippen LogP contribution >= 0.6 is 15.9 Å². The van der Waals surface area contributed by atoms with Crippen LogP contribution in [-0.4, -0.2) is 7.05 Å². The van der Waals surface area contributed by atoms with Crippen molar-refractivity contribution in [1.29, 1.82) is 0 Å². The van der Waals surface area contributed by atoms with Gasteiger partial charge in [0.1, 0.15) is 5.76 Å². The zero-order valence-electron chi connectivity index (χ0n) is 9.84. The van der Waals surface area contributed by atoms with E-state index in [1.807, 2.05) is 13.1 Å². The lowest BCUT2D eigenvalue weighted by Crippen LogP contribution is -2.25. The smallest absolute Gasteiger partial charge is 0.135 e. The van der Waals surface area contributed by atoms with Crippen LogP contribution in [0.3, 0.4) is 0 Å². The van der Waals surface area contributed by atoms with E-state index < -0.39 is 0 Å². The third-order valence-electron chi connectivity index (χ3n) is 3.61. The molecule has 1 aromatic rings. The molecular weight excluding hydrogens is 266 g/mol. The van der Waals surface area contributed by atoms with Gasteiger partial charge in [-0.15, -0.1) is 0 Å². The van der Waals surface area contributed by atoms with Crippen molar-refractivity contribution in [3.8, 4) is 0 Å². The average Bonchev–Trinajstić information content (AvgIpc) is 2.57. The largest absolute Gasteiger partial charge is 0.466 e. The molecule has 2 rings (SSSR count). The minimum absolute atomic E-state index is 0.363. The fourth-order valence-electron chi connectivity index (χ4n) is 2.75. The molecule has 1 aliphatic carbocycles. The molecule has 0 saturated heterocycles. The van der Waals surface area contributed by atoms with Crippen molar-refractivity contribution < 1.29 is 4.42 Å². The summed E-state index contributed by atoms with van der Waals surface area (Å²) in [5.41, 5.74) is 0. The summed E-state index contributed by atoms with van der Waals surface area (Å²) in [6, 6.07) is 2.35. The second-order valence-electron chi connectivity index (χ2n) is 4.65. The van der Waals surface area contributed by atoms with E-state index in [4.69, 9.17) is 4.42 Å². The lowest BCUT2D eigenvalue weighted by Gasteiger charge is -2.24. The molecule has 90 valence electrons. The highest BCUT2D eigenvalue weighted by atomic mass is 79.9. The van der Waals surface area contributed by atoms with Gasteiger partial charge in [0.2, 0.25) is 0 Å². The van der Waals surface area contributed by atoms with Crippen LogP contribution in [0.25, 0.3) is 0 Å². The van der Waals surface area contributed by atoms with Crippen molar-refractivity contribution in [2.75, 3.05) is 7.05 Å². The quantitative estimate of drug-likeness (QED) is 0.839. The molecule has 1 fully saturated rings. The lowest BCUT2D eigenvalue weighted by atomic mass is 9.90. The molecule has 16 heavy (non-hydrogen) atoms. The summed E-state index contributed by atoms with van der Waals surface area (Å²) in [6.45, 7) is 0. The molecule has 1 atom stereocenters. The molecule has 1 N–H and O–H groups in total. The standard InChI is InChI=1S/C13H20BrNO/c1-15-12(13-11(14)8-9-16-13)10-6-4-2-3-5-7-10/h8-10,12,15H,2-7H2,1H3. The Kier molecular flexibility index (Phi) is 4.47. The monoisotopic (exact) mass is 285 g/mol. The summed E-state index contributed by atoms with van der Waals surface area (Å²) in [4.78, 5) is 0.